The lowest BCUT2D eigenvalue weighted by atomic mass is 10.0. The van der Waals surface area contributed by atoms with Gasteiger partial charge in [-0.3, -0.25) is 0 Å². The van der Waals surface area contributed by atoms with E-state index < -0.39 is 0 Å². The fourth-order valence-electron chi connectivity index (χ4n) is 6.00. The van der Waals surface area contributed by atoms with Crippen molar-refractivity contribution in [3.05, 3.63) is 0 Å². The smallest absolute Gasteiger partial charge is 0.0803 e. The molecule has 0 bridgehead atoms. The van der Waals surface area contributed by atoms with Crippen LogP contribution in [0.4, 0.5) is 0 Å². The van der Waals surface area contributed by atoms with Gasteiger partial charge in [-0.25, -0.2) is 0 Å². The highest BCUT2D eigenvalue weighted by molar-refractivity contribution is 8.02. The van der Waals surface area contributed by atoms with Crippen molar-refractivity contribution in [3.8, 4) is 0 Å². The average Bonchev–Trinajstić information content (AvgIpc) is 2.96. The van der Waals surface area contributed by atoms with E-state index in [9.17, 15) is 0 Å². The maximum Gasteiger partial charge on any atom is 0.0803 e. The highest BCUT2D eigenvalue weighted by atomic mass is 35.5. The van der Waals surface area contributed by atoms with Crippen LogP contribution in [0.1, 0.15) is 232 Å². The van der Waals surface area contributed by atoms with E-state index in [4.69, 9.17) is 23.2 Å². The second kappa shape index (κ2) is 37.1. The van der Waals surface area contributed by atoms with E-state index in [-0.39, 0.29) is 9.42 Å². The first kappa shape index (κ1) is 41.9. The van der Waals surface area contributed by atoms with Gasteiger partial charge in [0.05, 0.1) is 9.42 Å². The minimum Gasteiger partial charge on any atom is -0.123 e. The molecule has 0 rings (SSSR count). The molecule has 2 unspecified atom stereocenters. The third kappa shape index (κ3) is 37.0. The van der Waals surface area contributed by atoms with Crippen LogP contribution in [0.3, 0.4) is 0 Å². The van der Waals surface area contributed by atoms with Crippen LogP contribution in [0.15, 0.2) is 0 Å². The van der Waals surface area contributed by atoms with Crippen molar-refractivity contribution < 1.29 is 0 Å². The highest BCUT2D eigenvalue weighted by Gasteiger charge is 2.12. The lowest BCUT2D eigenvalue weighted by Crippen LogP contribution is -2.01. The van der Waals surface area contributed by atoms with Crippen molar-refractivity contribution >= 4 is 35.0 Å². The average molecular weight is 636 g/mol. The maximum atomic E-state index is 6.60. The van der Waals surface area contributed by atoms with Crippen molar-refractivity contribution in [2.24, 2.45) is 0 Å². The molecule has 0 aliphatic rings. The quantitative estimate of drug-likeness (QED) is 0.0487. The summed E-state index contributed by atoms with van der Waals surface area (Å²) in [6.07, 6.45) is 47.7. The van der Waals surface area contributed by atoms with Gasteiger partial charge in [0, 0.05) is 0 Å². The third-order valence-electron chi connectivity index (χ3n) is 8.86. The first-order chi connectivity index (χ1) is 20.2. The maximum absolute atomic E-state index is 6.60. The Bertz CT molecular complexity index is 418. The van der Waals surface area contributed by atoms with Crippen LogP contribution in [0.5, 0.6) is 0 Å². The van der Waals surface area contributed by atoms with Gasteiger partial charge < -0.3 is 0 Å². The van der Waals surface area contributed by atoms with Gasteiger partial charge in [0.1, 0.15) is 0 Å². The van der Waals surface area contributed by atoms with E-state index in [1.807, 2.05) is 0 Å². The Balaban J connectivity index is 3.26. The fourth-order valence-corrected chi connectivity index (χ4v) is 8.14. The summed E-state index contributed by atoms with van der Waals surface area (Å²) in [5, 5.41) is 0. The largest absolute Gasteiger partial charge is 0.123 e. The van der Waals surface area contributed by atoms with Crippen LogP contribution in [-0.4, -0.2) is 9.42 Å². The number of halogens is 2. The molecule has 0 radical (unpaired) electrons. The zero-order valence-corrected chi connectivity index (χ0v) is 30.7. The van der Waals surface area contributed by atoms with E-state index in [1.54, 1.807) is 11.8 Å². The first-order valence-corrected chi connectivity index (χ1v) is 21.0. The van der Waals surface area contributed by atoms with Crippen LogP contribution >= 0.6 is 35.0 Å². The summed E-state index contributed by atoms with van der Waals surface area (Å²) in [4.78, 5) is 0. The molecule has 3 heteroatoms. The van der Waals surface area contributed by atoms with E-state index in [0.29, 0.717) is 0 Å². The zero-order chi connectivity index (χ0) is 29.9. The van der Waals surface area contributed by atoms with E-state index in [2.05, 4.69) is 13.8 Å². The first-order valence-electron chi connectivity index (χ1n) is 19.1. The van der Waals surface area contributed by atoms with Crippen molar-refractivity contribution in [1.82, 2.24) is 0 Å². The number of hydrogen-bond donors (Lipinski definition) is 0. The second-order valence-corrected chi connectivity index (χ2v) is 16.1. The summed E-state index contributed by atoms with van der Waals surface area (Å²) in [5.41, 5.74) is 0. The SMILES string of the molecule is CCCCCCCCCCCCCCCCCCC(Cl)SC(Cl)CCCCCCCCCCCCCCCCCC. The normalized spacial score (nSPS) is 13.2. The van der Waals surface area contributed by atoms with Gasteiger partial charge in [-0.05, 0) is 12.8 Å². The molecule has 0 fully saturated rings. The van der Waals surface area contributed by atoms with Crippen molar-refractivity contribution in [1.29, 1.82) is 0 Å². The number of alkyl halides is 2. The number of hydrogen-bond acceptors (Lipinski definition) is 1. The topological polar surface area (TPSA) is 0 Å². The lowest BCUT2D eigenvalue weighted by Gasteiger charge is -2.14. The molecule has 0 spiro atoms. The molecular formula is C38H76Cl2S. The summed E-state index contributed by atoms with van der Waals surface area (Å²) in [6.45, 7) is 4.60. The Hall–Kier alpha value is 0.930. The highest BCUT2D eigenvalue weighted by Crippen LogP contribution is 2.31. The standard InChI is InChI=1S/C38H76Cl2S/c1-3-5-7-9-11-13-15-17-19-21-23-25-27-29-31-33-35-37(39)41-38(40)36-34-32-30-28-26-24-22-20-18-16-14-12-10-8-6-4-2/h37-38H,3-36H2,1-2H3. The minimum atomic E-state index is 0.199. The predicted molar refractivity (Wildman–Crippen MR) is 195 cm³/mol. The molecule has 0 heterocycles. The van der Waals surface area contributed by atoms with Crippen LogP contribution in [0.25, 0.3) is 0 Å². The molecule has 0 amide bonds. The van der Waals surface area contributed by atoms with Crippen LogP contribution in [0.2, 0.25) is 0 Å². The molecule has 0 saturated carbocycles. The number of unbranched alkanes of at least 4 members (excludes halogenated alkanes) is 30. The van der Waals surface area contributed by atoms with Gasteiger partial charge in [0.2, 0.25) is 0 Å². The van der Waals surface area contributed by atoms with Crippen molar-refractivity contribution in [2.75, 3.05) is 0 Å². The van der Waals surface area contributed by atoms with Gasteiger partial charge in [-0.1, -0.05) is 219 Å². The van der Waals surface area contributed by atoms with E-state index in [0.717, 1.165) is 12.8 Å². The van der Waals surface area contributed by atoms with E-state index in [1.165, 1.54) is 205 Å². The van der Waals surface area contributed by atoms with Gasteiger partial charge >= 0.3 is 0 Å². The fraction of sp³-hybridized carbons (Fsp3) is 1.00. The monoisotopic (exact) mass is 635 g/mol. The Kier molecular flexibility index (Phi) is 38.0. The molecule has 0 N–H and O–H groups in total. The van der Waals surface area contributed by atoms with Crippen LogP contribution in [0, 0.1) is 0 Å². The zero-order valence-electron chi connectivity index (χ0n) is 28.4. The Labute approximate surface area is 275 Å². The van der Waals surface area contributed by atoms with Crippen molar-refractivity contribution in [2.45, 2.75) is 242 Å². The van der Waals surface area contributed by atoms with Gasteiger partial charge in [0.25, 0.3) is 0 Å². The molecule has 41 heavy (non-hydrogen) atoms. The number of rotatable bonds is 36. The third-order valence-corrected chi connectivity index (χ3v) is 11.0. The summed E-state index contributed by atoms with van der Waals surface area (Å²) in [6, 6.07) is 0. The van der Waals surface area contributed by atoms with Gasteiger partial charge in [-0.15, -0.1) is 35.0 Å². The predicted octanol–water partition coefficient (Wildman–Crippen LogP) is 16.2. The Morgan fingerprint density at radius 2 is 0.463 bits per heavy atom. The summed E-state index contributed by atoms with van der Waals surface area (Å²) in [7, 11) is 0. The molecule has 0 nitrogen and oxygen atoms in total. The minimum absolute atomic E-state index is 0.199. The number of thioether (sulfide) groups is 1. The molecule has 0 aromatic rings. The molecule has 0 saturated heterocycles. The van der Waals surface area contributed by atoms with E-state index >= 15 is 0 Å². The summed E-state index contributed by atoms with van der Waals surface area (Å²) in [5.74, 6) is 0. The van der Waals surface area contributed by atoms with Gasteiger partial charge in [-0.2, -0.15) is 0 Å². The van der Waals surface area contributed by atoms with Crippen LogP contribution < -0.4 is 0 Å². The molecule has 2 atom stereocenters. The lowest BCUT2D eigenvalue weighted by molar-refractivity contribution is 0.528. The second-order valence-electron chi connectivity index (χ2n) is 13.1. The molecule has 0 aliphatic carbocycles. The molecule has 0 aliphatic heterocycles. The Morgan fingerprint density at radius 1 is 0.293 bits per heavy atom. The summed E-state index contributed by atoms with van der Waals surface area (Å²) >= 11 is 15.0. The molecule has 248 valence electrons. The Morgan fingerprint density at radius 3 is 0.659 bits per heavy atom. The van der Waals surface area contributed by atoms with Gasteiger partial charge in [0.15, 0.2) is 0 Å². The summed E-state index contributed by atoms with van der Waals surface area (Å²) < 4.78 is 0.399. The van der Waals surface area contributed by atoms with Crippen molar-refractivity contribution in [3.63, 3.8) is 0 Å². The molecule has 0 aromatic carbocycles. The molecule has 0 aromatic heterocycles. The van der Waals surface area contributed by atoms with Crippen LogP contribution in [-0.2, 0) is 0 Å². The molecular weight excluding hydrogens is 559 g/mol.